The first-order valence-electron chi connectivity index (χ1n) is 6.34. The van der Waals surface area contributed by atoms with Crippen LogP contribution in [-0.2, 0) is 0 Å². The molecule has 2 heterocycles. The summed E-state index contributed by atoms with van der Waals surface area (Å²) in [6.07, 6.45) is 7.26. The van der Waals surface area contributed by atoms with E-state index in [-0.39, 0.29) is 0 Å². The van der Waals surface area contributed by atoms with E-state index in [1.165, 1.54) is 45.2 Å². The van der Waals surface area contributed by atoms with Crippen LogP contribution in [0.25, 0.3) is 0 Å². The Bertz CT molecular complexity index is 196. The Kier molecular flexibility index (Phi) is 2.29. The first-order chi connectivity index (χ1) is 6.86. The van der Waals surface area contributed by atoms with Gasteiger partial charge in [-0.15, -0.1) is 0 Å². The summed E-state index contributed by atoms with van der Waals surface area (Å²) in [6, 6.07) is 2.64. The molecule has 2 heteroatoms. The maximum absolute atomic E-state index is 3.58. The van der Waals surface area contributed by atoms with Crippen LogP contribution in [0.15, 0.2) is 0 Å². The van der Waals surface area contributed by atoms with Crippen molar-refractivity contribution in [1.29, 1.82) is 0 Å². The van der Waals surface area contributed by atoms with E-state index >= 15 is 0 Å². The van der Waals surface area contributed by atoms with Gasteiger partial charge < -0.3 is 5.32 Å². The Morgan fingerprint density at radius 2 is 1.86 bits per heavy atom. The van der Waals surface area contributed by atoms with Crippen molar-refractivity contribution >= 4 is 0 Å². The molecule has 0 radical (unpaired) electrons. The zero-order chi connectivity index (χ0) is 9.54. The predicted molar refractivity (Wildman–Crippen MR) is 58.3 cm³/mol. The molecule has 3 aliphatic rings. The van der Waals surface area contributed by atoms with Crippen LogP contribution >= 0.6 is 0 Å². The summed E-state index contributed by atoms with van der Waals surface area (Å²) in [5.74, 6) is 1.04. The van der Waals surface area contributed by atoms with Crippen molar-refractivity contribution in [2.45, 2.75) is 57.2 Å². The Morgan fingerprint density at radius 3 is 2.64 bits per heavy atom. The lowest BCUT2D eigenvalue weighted by molar-refractivity contribution is 0.131. The number of nitrogens with zero attached hydrogens (tertiary/aromatic N) is 1. The van der Waals surface area contributed by atoms with E-state index in [1.807, 2.05) is 0 Å². The standard InChI is InChI=1S/C12H22N2/c1-9(10-2-3-10)14-11-4-5-12(14)8-13-7-6-11/h9-13H,2-8H2,1H3. The minimum Gasteiger partial charge on any atom is -0.315 e. The van der Waals surface area contributed by atoms with Gasteiger partial charge in [-0.2, -0.15) is 0 Å². The highest BCUT2D eigenvalue weighted by Gasteiger charge is 2.42. The normalized spacial score (nSPS) is 40.9. The molecule has 1 N–H and O–H groups in total. The molecule has 0 aromatic heterocycles. The molecule has 0 spiro atoms. The first kappa shape index (κ1) is 9.17. The van der Waals surface area contributed by atoms with Gasteiger partial charge in [-0.1, -0.05) is 0 Å². The van der Waals surface area contributed by atoms with Crippen LogP contribution in [0.3, 0.4) is 0 Å². The third kappa shape index (κ3) is 1.49. The maximum Gasteiger partial charge on any atom is 0.0227 e. The van der Waals surface area contributed by atoms with Gasteiger partial charge >= 0.3 is 0 Å². The summed E-state index contributed by atoms with van der Waals surface area (Å²) < 4.78 is 0. The average molecular weight is 194 g/mol. The van der Waals surface area contributed by atoms with Gasteiger partial charge in [-0.05, 0) is 51.5 Å². The van der Waals surface area contributed by atoms with Crippen LogP contribution in [-0.4, -0.2) is 36.1 Å². The summed E-state index contributed by atoms with van der Waals surface area (Å²) in [7, 11) is 0. The molecule has 1 saturated carbocycles. The van der Waals surface area contributed by atoms with E-state index in [4.69, 9.17) is 0 Å². The highest BCUT2D eigenvalue weighted by Crippen LogP contribution is 2.40. The van der Waals surface area contributed by atoms with E-state index < -0.39 is 0 Å². The van der Waals surface area contributed by atoms with Crippen molar-refractivity contribution in [3.63, 3.8) is 0 Å². The third-order valence-corrected chi connectivity index (χ3v) is 4.49. The minimum atomic E-state index is 0.859. The Morgan fingerprint density at radius 1 is 1.07 bits per heavy atom. The Hall–Kier alpha value is -0.0800. The molecule has 80 valence electrons. The number of hydrogen-bond acceptors (Lipinski definition) is 2. The molecule has 0 aromatic carbocycles. The summed E-state index contributed by atoms with van der Waals surface area (Å²) in [5, 5.41) is 3.58. The summed E-state index contributed by atoms with van der Waals surface area (Å²) in [6.45, 7) is 4.96. The maximum atomic E-state index is 3.58. The molecule has 3 fully saturated rings. The van der Waals surface area contributed by atoms with Crippen molar-refractivity contribution in [2.24, 2.45) is 5.92 Å². The highest BCUT2D eigenvalue weighted by atomic mass is 15.3. The molecule has 3 rings (SSSR count). The van der Waals surface area contributed by atoms with E-state index in [1.54, 1.807) is 0 Å². The van der Waals surface area contributed by atoms with Gasteiger partial charge in [-0.3, -0.25) is 4.90 Å². The summed E-state index contributed by atoms with van der Waals surface area (Å²) in [4.78, 5) is 2.86. The molecule has 14 heavy (non-hydrogen) atoms. The van der Waals surface area contributed by atoms with Crippen LogP contribution in [0.2, 0.25) is 0 Å². The highest BCUT2D eigenvalue weighted by molar-refractivity contribution is 4.98. The number of rotatable bonds is 2. The second kappa shape index (κ2) is 3.49. The minimum absolute atomic E-state index is 0.859. The summed E-state index contributed by atoms with van der Waals surface area (Å²) in [5.41, 5.74) is 0. The molecule has 3 atom stereocenters. The van der Waals surface area contributed by atoms with E-state index in [0.717, 1.165) is 24.0 Å². The van der Waals surface area contributed by atoms with Gasteiger partial charge in [0.1, 0.15) is 0 Å². The Labute approximate surface area is 87.0 Å². The lowest BCUT2D eigenvalue weighted by Crippen LogP contribution is -2.44. The van der Waals surface area contributed by atoms with Gasteiger partial charge in [0, 0.05) is 24.7 Å². The van der Waals surface area contributed by atoms with Crippen LogP contribution < -0.4 is 5.32 Å². The molecule has 2 nitrogen and oxygen atoms in total. The zero-order valence-corrected chi connectivity index (χ0v) is 9.21. The van der Waals surface area contributed by atoms with Gasteiger partial charge in [0.15, 0.2) is 0 Å². The smallest absolute Gasteiger partial charge is 0.0227 e. The lowest BCUT2D eigenvalue weighted by atomic mass is 10.1. The largest absolute Gasteiger partial charge is 0.315 e. The zero-order valence-electron chi connectivity index (χ0n) is 9.21. The van der Waals surface area contributed by atoms with Crippen molar-refractivity contribution in [1.82, 2.24) is 10.2 Å². The van der Waals surface area contributed by atoms with E-state index in [2.05, 4.69) is 17.1 Å². The third-order valence-electron chi connectivity index (χ3n) is 4.49. The van der Waals surface area contributed by atoms with Crippen LogP contribution in [0.4, 0.5) is 0 Å². The average Bonchev–Trinajstić information content (AvgIpc) is 2.91. The second-order valence-electron chi connectivity index (χ2n) is 5.40. The molecule has 2 saturated heterocycles. The molecule has 0 amide bonds. The molecule has 3 unspecified atom stereocenters. The van der Waals surface area contributed by atoms with Gasteiger partial charge in [0.05, 0.1) is 0 Å². The number of fused-ring (bicyclic) bond motifs is 2. The monoisotopic (exact) mass is 194 g/mol. The van der Waals surface area contributed by atoms with Crippen LogP contribution in [0.5, 0.6) is 0 Å². The van der Waals surface area contributed by atoms with E-state index in [9.17, 15) is 0 Å². The molecular formula is C12H22N2. The van der Waals surface area contributed by atoms with Crippen molar-refractivity contribution < 1.29 is 0 Å². The lowest BCUT2D eigenvalue weighted by Gasteiger charge is -2.34. The molecule has 0 aromatic rings. The number of hydrogen-bond donors (Lipinski definition) is 1. The van der Waals surface area contributed by atoms with Crippen LogP contribution in [0, 0.1) is 5.92 Å². The van der Waals surface area contributed by atoms with Gasteiger partial charge in [0.25, 0.3) is 0 Å². The van der Waals surface area contributed by atoms with Crippen LogP contribution in [0.1, 0.15) is 39.0 Å². The molecule has 2 aliphatic heterocycles. The number of nitrogens with one attached hydrogen (secondary N) is 1. The van der Waals surface area contributed by atoms with Crippen molar-refractivity contribution in [3.8, 4) is 0 Å². The fourth-order valence-electron chi connectivity index (χ4n) is 3.51. The predicted octanol–water partition coefficient (Wildman–Crippen LogP) is 1.61. The summed E-state index contributed by atoms with van der Waals surface area (Å²) >= 11 is 0. The first-order valence-corrected chi connectivity index (χ1v) is 6.34. The Balaban J connectivity index is 1.75. The topological polar surface area (TPSA) is 15.3 Å². The van der Waals surface area contributed by atoms with Crippen molar-refractivity contribution in [2.75, 3.05) is 13.1 Å². The SMILES string of the molecule is CC(C1CC1)N1C2CCNCC1CC2. The molecule has 1 aliphatic carbocycles. The quantitative estimate of drug-likeness (QED) is 0.718. The second-order valence-corrected chi connectivity index (χ2v) is 5.40. The molecular weight excluding hydrogens is 172 g/mol. The van der Waals surface area contributed by atoms with Gasteiger partial charge in [0.2, 0.25) is 0 Å². The molecule has 2 bridgehead atoms. The van der Waals surface area contributed by atoms with E-state index in [0.29, 0.717) is 0 Å². The fourth-order valence-corrected chi connectivity index (χ4v) is 3.51. The van der Waals surface area contributed by atoms with Gasteiger partial charge in [-0.25, -0.2) is 0 Å². The van der Waals surface area contributed by atoms with Crippen molar-refractivity contribution in [3.05, 3.63) is 0 Å². The fraction of sp³-hybridized carbons (Fsp3) is 1.00.